The van der Waals surface area contributed by atoms with E-state index in [1.807, 2.05) is 0 Å². The summed E-state index contributed by atoms with van der Waals surface area (Å²) < 4.78 is 41.7. The molecule has 0 aliphatic heterocycles. The molecule has 0 aromatic rings. The van der Waals surface area contributed by atoms with Crippen LogP contribution in [0.15, 0.2) is 0 Å². The maximum absolute atomic E-state index is 13.2. The van der Waals surface area contributed by atoms with Crippen LogP contribution < -0.4 is 5.73 Å². The lowest BCUT2D eigenvalue weighted by atomic mass is 10.0. The van der Waals surface area contributed by atoms with Gasteiger partial charge in [0.1, 0.15) is 0 Å². The summed E-state index contributed by atoms with van der Waals surface area (Å²) in [5, 5.41) is 0. The second-order valence-electron chi connectivity index (χ2n) is 2.66. The number of alkyl halides is 3. The smallest absolute Gasteiger partial charge is 0.274 e. The molecule has 0 aromatic heterocycles. The molecule has 2 nitrogen and oxygen atoms in total. The minimum absolute atomic E-state index is 0.210. The van der Waals surface area contributed by atoms with Gasteiger partial charge in [-0.3, -0.25) is 0 Å². The molecule has 0 aromatic carbocycles. The van der Waals surface area contributed by atoms with Crippen LogP contribution in [0.5, 0.6) is 0 Å². The van der Waals surface area contributed by atoms with E-state index in [1.165, 1.54) is 7.11 Å². The molecule has 5 heteroatoms. The van der Waals surface area contributed by atoms with Crippen molar-refractivity contribution in [1.82, 2.24) is 0 Å². The second kappa shape index (κ2) is 5.37. The first-order valence-electron chi connectivity index (χ1n) is 3.73. The third-order valence-corrected chi connectivity index (χ3v) is 1.57. The monoisotopic (exact) mass is 185 g/mol. The van der Waals surface area contributed by atoms with E-state index in [-0.39, 0.29) is 19.4 Å². The van der Waals surface area contributed by atoms with Crippen LogP contribution in [0, 0.1) is 0 Å². The van der Waals surface area contributed by atoms with Crippen LogP contribution in [-0.4, -0.2) is 32.4 Å². The highest BCUT2D eigenvalue weighted by molar-refractivity contribution is 4.81. The maximum Gasteiger partial charge on any atom is 0.274 e. The lowest BCUT2D eigenvalue weighted by Gasteiger charge is -2.22. The zero-order valence-electron chi connectivity index (χ0n) is 7.03. The van der Waals surface area contributed by atoms with Gasteiger partial charge in [-0.1, -0.05) is 0 Å². The molecule has 0 rings (SSSR count). The summed E-state index contributed by atoms with van der Waals surface area (Å²) in [6.07, 6.45) is -3.02. The Balaban J connectivity index is 3.99. The summed E-state index contributed by atoms with van der Waals surface area (Å²) in [5.74, 6) is 0. The number of methoxy groups -OCH3 is 1. The number of rotatable bonds is 6. The van der Waals surface area contributed by atoms with Gasteiger partial charge in [0.05, 0.1) is 6.61 Å². The van der Waals surface area contributed by atoms with E-state index in [1.54, 1.807) is 0 Å². The highest BCUT2D eigenvalue weighted by Crippen LogP contribution is 2.26. The summed E-state index contributed by atoms with van der Waals surface area (Å²) in [7, 11) is 1.19. The van der Waals surface area contributed by atoms with Crippen molar-refractivity contribution in [3.05, 3.63) is 0 Å². The molecule has 1 unspecified atom stereocenters. The minimum atomic E-state index is -3.01. The third-order valence-electron chi connectivity index (χ3n) is 1.57. The van der Waals surface area contributed by atoms with Crippen molar-refractivity contribution in [2.45, 2.75) is 24.9 Å². The lowest BCUT2D eigenvalue weighted by Crippen LogP contribution is -2.37. The van der Waals surface area contributed by atoms with Crippen molar-refractivity contribution in [3.8, 4) is 0 Å². The minimum Gasteiger partial charge on any atom is -0.381 e. The van der Waals surface area contributed by atoms with Gasteiger partial charge in [-0.15, -0.1) is 0 Å². The van der Waals surface area contributed by atoms with Crippen molar-refractivity contribution < 1.29 is 17.9 Å². The van der Waals surface area contributed by atoms with E-state index in [2.05, 4.69) is 4.74 Å². The van der Waals surface area contributed by atoms with E-state index in [4.69, 9.17) is 5.73 Å². The molecule has 1 atom stereocenters. The first kappa shape index (κ1) is 11.7. The van der Waals surface area contributed by atoms with Crippen LogP contribution in [0.4, 0.5) is 13.2 Å². The molecule has 0 radical (unpaired) electrons. The third kappa shape index (κ3) is 3.40. The van der Waals surface area contributed by atoms with Crippen molar-refractivity contribution in [1.29, 1.82) is 0 Å². The van der Waals surface area contributed by atoms with Gasteiger partial charge in [0.15, 0.2) is 5.67 Å². The highest BCUT2D eigenvalue weighted by Gasteiger charge is 2.39. The predicted molar refractivity (Wildman–Crippen MR) is 40.0 cm³/mol. The molecule has 0 amide bonds. The normalized spacial score (nSPS) is 16.5. The van der Waals surface area contributed by atoms with Crippen molar-refractivity contribution in [2.24, 2.45) is 5.73 Å². The first-order valence-corrected chi connectivity index (χ1v) is 3.73. The molecule has 0 aliphatic rings. The Hall–Kier alpha value is -0.290. The molecule has 0 spiro atoms. The van der Waals surface area contributed by atoms with Gasteiger partial charge in [-0.25, -0.2) is 13.2 Å². The van der Waals surface area contributed by atoms with Crippen LogP contribution in [0.25, 0.3) is 0 Å². The molecule has 0 saturated heterocycles. The predicted octanol–water partition coefficient (Wildman–Crippen LogP) is 1.35. The Morgan fingerprint density at radius 2 is 2.08 bits per heavy atom. The van der Waals surface area contributed by atoms with Gasteiger partial charge in [0.25, 0.3) is 6.43 Å². The zero-order valence-corrected chi connectivity index (χ0v) is 7.03. The number of halogens is 3. The molecule has 0 aliphatic carbocycles. The Labute approximate surface area is 69.9 Å². The van der Waals surface area contributed by atoms with Crippen molar-refractivity contribution in [3.63, 3.8) is 0 Å². The number of nitrogens with two attached hydrogens (primary N) is 1. The van der Waals surface area contributed by atoms with E-state index >= 15 is 0 Å². The molecule has 0 heterocycles. The molecular weight excluding hydrogens is 171 g/mol. The van der Waals surface area contributed by atoms with Crippen LogP contribution in [0.2, 0.25) is 0 Å². The first-order chi connectivity index (χ1) is 5.56. The van der Waals surface area contributed by atoms with Gasteiger partial charge >= 0.3 is 0 Å². The number of hydrogen-bond donors (Lipinski definition) is 1. The standard InChI is InChI=1S/C7H14F3NO/c1-12-5-7(10,6(8)9)3-2-4-11/h6H,2-5,11H2,1H3. The average molecular weight is 185 g/mol. The highest BCUT2D eigenvalue weighted by atomic mass is 19.3. The van der Waals surface area contributed by atoms with E-state index < -0.39 is 18.7 Å². The largest absolute Gasteiger partial charge is 0.381 e. The fourth-order valence-electron chi connectivity index (χ4n) is 0.880. The van der Waals surface area contributed by atoms with E-state index in [0.717, 1.165) is 0 Å². The summed E-state index contributed by atoms with van der Waals surface area (Å²) in [6, 6.07) is 0. The fraction of sp³-hybridized carbons (Fsp3) is 1.00. The summed E-state index contributed by atoms with van der Waals surface area (Å²) in [4.78, 5) is 0. The summed E-state index contributed by atoms with van der Waals surface area (Å²) >= 11 is 0. The van der Waals surface area contributed by atoms with Gasteiger partial charge < -0.3 is 10.5 Å². The SMILES string of the molecule is COCC(F)(CCCN)C(F)F. The fourth-order valence-corrected chi connectivity index (χ4v) is 0.880. The van der Waals surface area contributed by atoms with Gasteiger partial charge in [0.2, 0.25) is 0 Å². The molecule has 2 N–H and O–H groups in total. The zero-order chi connectivity index (χ0) is 9.61. The topological polar surface area (TPSA) is 35.2 Å². The number of ether oxygens (including phenoxy) is 1. The lowest BCUT2D eigenvalue weighted by molar-refractivity contribution is -0.0817. The van der Waals surface area contributed by atoms with E-state index in [0.29, 0.717) is 0 Å². The molecular formula is C7H14F3NO. The van der Waals surface area contributed by atoms with Crippen molar-refractivity contribution in [2.75, 3.05) is 20.3 Å². The summed E-state index contributed by atoms with van der Waals surface area (Å²) in [5.41, 5.74) is 2.55. The Bertz CT molecular complexity index is 123. The Morgan fingerprint density at radius 3 is 2.42 bits per heavy atom. The quantitative estimate of drug-likeness (QED) is 0.677. The average Bonchev–Trinajstić information content (AvgIpc) is 2.01. The van der Waals surface area contributed by atoms with Crippen molar-refractivity contribution >= 4 is 0 Å². The van der Waals surface area contributed by atoms with Crippen LogP contribution in [-0.2, 0) is 4.74 Å². The molecule has 74 valence electrons. The second-order valence-corrected chi connectivity index (χ2v) is 2.66. The molecule has 12 heavy (non-hydrogen) atoms. The van der Waals surface area contributed by atoms with Crippen LogP contribution in [0.3, 0.4) is 0 Å². The van der Waals surface area contributed by atoms with Gasteiger partial charge in [-0.2, -0.15) is 0 Å². The molecule has 0 bridgehead atoms. The van der Waals surface area contributed by atoms with Crippen LogP contribution in [0.1, 0.15) is 12.8 Å². The Kier molecular flexibility index (Phi) is 5.24. The number of hydrogen-bond acceptors (Lipinski definition) is 2. The maximum atomic E-state index is 13.2. The van der Waals surface area contributed by atoms with Crippen LogP contribution >= 0.6 is 0 Å². The van der Waals surface area contributed by atoms with Gasteiger partial charge in [-0.05, 0) is 19.4 Å². The van der Waals surface area contributed by atoms with E-state index in [9.17, 15) is 13.2 Å². The molecule has 0 fully saturated rings. The molecule has 0 saturated carbocycles. The Morgan fingerprint density at radius 1 is 1.50 bits per heavy atom. The summed E-state index contributed by atoms with van der Waals surface area (Å²) in [6.45, 7) is -0.368. The van der Waals surface area contributed by atoms with Gasteiger partial charge in [0, 0.05) is 7.11 Å².